The zero-order valence-electron chi connectivity index (χ0n) is 15.7. The first kappa shape index (κ1) is 19.3. The average Bonchev–Trinajstić information content (AvgIpc) is 2.89. The van der Waals surface area contributed by atoms with Gasteiger partial charge in [-0.2, -0.15) is 0 Å². The molecule has 24 heavy (non-hydrogen) atoms. The van der Waals surface area contributed by atoms with Crippen LogP contribution in [-0.2, 0) is 23.5 Å². The van der Waals surface area contributed by atoms with Crippen molar-refractivity contribution >= 4 is 25.9 Å². The van der Waals surface area contributed by atoms with Gasteiger partial charge in [0.2, 0.25) is 0 Å². The number of ether oxygens (including phenoxy) is 1. The summed E-state index contributed by atoms with van der Waals surface area (Å²) in [6.45, 7) is 13.2. The van der Waals surface area contributed by atoms with Gasteiger partial charge in [-0.15, -0.1) is 0 Å². The Hall–Kier alpha value is -1.01. The molecule has 2 aliphatic carbocycles. The first-order valence-electron chi connectivity index (χ1n) is 8.85. The van der Waals surface area contributed by atoms with Crippen LogP contribution in [0, 0.1) is 23.7 Å². The largest absolute Gasteiger partial charge is 0.465 e. The van der Waals surface area contributed by atoms with Crippen LogP contribution in [0.2, 0.25) is 18.1 Å². The SMILES string of the molecule is CCOC(=O)[C@@H]1C(=O)C[C@H]2C1CC(=O)[C@@H]2CO[Si](C)(C)C(C)(C)C. The summed E-state index contributed by atoms with van der Waals surface area (Å²) in [4.78, 5) is 36.8. The first-order valence-corrected chi connectivity index (χ1v) is 11.8. The van der Waals surface area contributed by atoms with Crippen LogP contribution >= 0.6 is 0 Å². The molecule has 0 bridgehead atoms. The van der Waals surface area contributed by atoms with Gasteiger partial charge in [0.1, 0.15) is 17.5 Å². The van der Waals surface area contributed by atoms with Crippen LogP contribution in [0.3, 0.4) is 0 Å². The molecule has 1 unspecified atom stereocenters. The van der Waals surface area contributed by atoms with E-state index in [1.165, 1.54) is 0 Å². The van der Waals surface area contributed by atoms with E-state index in [2.05, 4.69) is 33.9 Å². The molecule has 0 aromatic heterocycles. The Labute approximate surface area is 145 Å². The summed E-state index contributed by atoms with van der Waals surface area (Å²) >= 11 is 0. The minimum Gasteiger partial charge on any atom is -0.465 e. The fraction of sp³-hybridized carbons (Fsp3) is 0.833. The van der Waals surface area contributed by atoms with E-state index in [-0.39, 0.29) is 41.0 Å². The standard InChI is InChI=1S/C18H30O5Si/c1-7-22-17(21)16-12-9-14(19)13(11(12)8-15(16)20)10-23-24(5,6)18(2,3)4/h11-13,16H,7-10H2,1-6H3/t11-,12?,13+,16-/m0/s1. The molecule has 2 aliphatic rings. The molecule has 0 aliphatic heterocycles. The lowest BCUT2D eigenvalue weighted by Crippen LogP contribution is -2.42. The van der Waals surface area contributed by atoms with E-state index in [4.69, 9.17) is 9.16 Å². The van der Waals surface area contributed by atoms with E-state index in [1.807, 2.05) is 0 Å². The van der Waals surface area contributed by atoms with Crippen LogP contribution in [-0.4, -0.2) is 39.1 Å². The molecule has 136 valence electrons. The molecule has 2 saturated carbocycles. The summed E-state index contributed by atoms with van der Waals surface area (Å²) in [7, 11) is -1.94. The molecule has 0 aromatic rings. The summed E-state index contributed by atoms with van der Waals surface area (Å²) in [5.74, 6) is -1.68. The minimum absolute atomic E-state index is 0.0656. The Kier molecular flexibility index (Phi) is 5.40. The zero-order valence-corrected chi connectivity index (χ0v) is 16.7. The highest BCUT2D eigenvalue weighted by Crippen LogP contribution is 2.48. The molecule has 0 radical (unpaired) electrons. The molecule has 2 rings (SSSR count). The topological polar surface area (TPSA) is 69.7 Å². The maximum Gasteiger partial charge on any atom is 0.316 e. The predicted octanol–water partition coefficient (Wildman–Crippen LogP) is 2.98. The smallest absolute Gasteiger partial charge is 0.316 e. The lowest BCUT2D eigenvalue weighted by atomic mass is 9.89. The number of carbonyl (C=O) groups excluding carboxylic acids is 3. The van der Waals surface area contributed by atoms with Crippen molar-refractivity contribution in [2.75, 3.05) is 13.2 Å². The van der Waals surface area contributed by atoms with Crippen molar-refractivity contribution in [2.24, 2.45) is 23.7 Å². The van der Waals surface area contributed by atoms with E-state index in [9.17, 15) is 14.4 Å². The van der Waals surface area contributed by atoms with Gasteiger partial charge < -0.3 is 9.16 Å². The fourth-order valence-corrected chi connectivity index (χ4v) is 4.63. The molecular weight excluding hydrogens is 324 g/mol. The van der Waals surface area contributed by atoms with Crippen LogP contribution in [0.1, 0.15) is 40.5 Å². The van der Waals surface area contributed by atoms with Gasteiger partial charge in [0.25, 0.3) is 0 Å². The van der Waals surface area contributed by atoms with Gasteiger partial charge in [-0.3, -0.25) is 14.4 Å². The van der Waals surface area contributed by atoms with Gasteiger partial charge in [-0.1, -0.05) is 20.8 Å². The fourth-order valence-electron chi connectivity index (χ4n) is 3.60. The van der Waals surface area contributed by atoms with Gasteiger partial charge in [0.05, 0.1) is 6.61 Å². The third-order valence-corrected chi connectivity index (χ3v) is 10.6. The quantitative estimate of drug-likeness (QED) is 0.431. The van der Waals surface area contributed by atoms with Crippen molar-refractivity contribution in [1.82, 2.24) is 0 Å². The third kappa shape index (κ3) is 3.49. The molecule has 0 saturated heterocycles. The van der Waals surface area contributed by atoms with E-state index in [1.54, 1.807) is 6.92 Å². The molecule has 0 spiro atoms. The van der Waals surface area contributed by atoms with Gasteiger partial charge >= 0.3 is 5.97 Å². The minimum atomic E-state index is -1.94. The first-order chi connectivity index (χ1) is 11.0. The molecule has 0 heterocycles. The Morgan fingerprint density at radius 3 is 2.25 bits per heavy atom. The average molecular weight is 355 g/mol. The van der Waals surface area contributed by atoms with Crippen molar-refractivity contribution < 1.29 is 23.5 Å². The number of carbonyl (C=O) groups is 3. The van der Waals surface area contributed by atoms with Gasteiger partial charge in [-0.25, -0.2) is 0 Å². The second-order valence-electron chi connectivity index (χ2n) is 8.58. The Balaban J connectivity index is 2.09. The highest BCUT2D eigenvalue weighted by atomic mass is 28.4. The molecule has 5 nitrogen and oxygen atoms in total. The normalized spacial score (nSPS) is 30.6. The van der Waals surface area contributed by atoms with Crippen LogP contribution in [0.15, 0.2) is 0 Å². The van der Waals surface area contributed by atoms with Gasteiger partial charge in [0.15, 0.2) is 8.32 Å². The number of hydrogen-bond acceptors (Lipinski definition) is 5. The van der Waals surface area contributed by atoms with Crippen molar-refractivity contribution in [2.45, 2.75) is 58.7 Å². The number of ketones is 2. The zero-order chi connectivity index (χ0) is 18.3. The van der Waals surface area contributed by atoms with Crippen LogP contribution in [0.25, 0.3) is 0 Å². The second kappa shape index (κ2) is 6.71. The van der Waals surface area contributed by atoms with Crippen molar-refractivity contribution in [3.05, 3.63) is 0 Å². The van der Waals surface area contributed by atoms with E-state index in [0.29, 0.717) is 19.4 Å². The molecule has 6 heteroatoms. The monoisotopic (exact) mass is 354 g/mol. The number of hydrogen-bond donors (Lipinski definition) is 0. The molecule has 0 amide bonds. The Morgan fingerprint density at radius 2 is 1.71 bits per heavy atom. The van der Waals surface area contributed by atoms with Crippen LogP contribution in [0.5, 0.6) is 0 Å². The molecule has 2 fully saturated rings. The van der Waals surface area contributed by atoms with E-state index >= 15 is 0 Å². The molecule has 0 N–H and O–H groups in total. The van der Waals surface area contributed by atoms with Crippen LogP contribution < -0.4 is 0 Å². The summed E-state index contributed by atoms with van der Waals surface area (Å²) in [6.07, 6.45) is 0.594. The Bertz CT molecular complexity index is 534. The van der Waals surface area contributed by atoms with Crippen molar-refractivity contribution in [3.8, 4) is 0 Å². The summed E-state index contributed by atoms with van der Waals surface area (Å²) in [5.41, 5.74) is 0. The lowest BCUT2D eigenvalue weighted by molar-refractivity contribution is -0.152. The van der Waals surface area contributed by atoms with Gasteiger partial charge in [0, 0.05) is 25.4 Å². The number of Topliss-reactive ketones (excluding diaryl/α,β-unsaturated/α-hetero) is 2. The van der Waals surface area contributed by atoms with E-state index in [0.717, 1.165) is 0 Å². The highest BCUT2D eigenvalue weighted by Gasteiger charge is 2.56. The predicted molar refractivity (Wildman–Crippen MR) is 93.0 cm³/mol. The number of rotatable bonds is 5. The number of fused-ring (bicyclic) bond motifs is 1. The van der Waals surface area contributed by atoms with Crippen LogP contribution in [0.4, 0.5) is 0 Å². The Morgan fingerprint density at radius 1 is 1.12 bits per heavy atom. The second-order valence-corrected chi connectivity index (χ2v) is 13.4. The maximum atomic E-state index is 12.5. The van der Waals surface area contributed by atoms with Gasteiger partial charge in [-0.05, 0) is 36.9 Å². The summed E-state index contributed by atoms with van der Waals surface area (Å²) < 4.78 is 11.3. The molecule has 0 aromatic carbocycles. The molecule has 4 atom stereocenters. The maximum absolute atomic E-state index is 12.5. The van der Waals surface area contributed by atoms with Crippen molar-refractivity contribution in [3.63, 3.8) is 0 Å². The lowest BCUT2D eigenvalue weighted by Gasteiger charge is -2.37. The molecular formula is C18H30O5Si. The highest BCUT2D eigenvalue weighted by molar-refractivity contribution is 6.74. The summed E-state index contributed by atoms with van der Waals surface area (Å²) in [6, 6.07) is 0. The number of esters is 1. The third-order valence-electron chi connectivity index (χ3n) is 6.10. The van der Waals surface area contributed by atoms with Crippen molar-refractivity contribution in [1.29, 1.82) is 0 Å². The summed E-state index contributed by atoms with van der Waals surface area (Å²) in [5, 5.41) is 0.0764. The van der Waals surface area contributed by atoms with E-state index < -0.39 is 20.2 Å².